The third-order valence-corrected chi connectivity index (χ3v) is 6.57. The lowest BCUT2D eigenvalue weighted by atomic mass is 9.95. The maximum Gasteiger partial charge on any atom is 0.341 e. The number of hydrogen-bond donors (Lipinski definition) is 1. The highest BCUT2D eigenvalue weighted by Crippen LogP contribution is 2.38. The van der Waals surface area contributed by atoms with E-state index in [9.17, 15) is 14.4 Å². The van der Waals surface area contributed by atoms with Gasteiger partial charge in [0.25, 0.3) is 5.91 Å². The number of ether oxygens (including phenoxy) is 4. The van der Waals surface area contributed by atoms with E-state index in [4.69, 9.17) is 18.9 Å². The van der Waals surface area contributed by atoms with E-state index < -0.39 is 23.9 Å². The average molecular weight is 476 g/mol. The Morgan fingerprint density at radius 1 is 1.09 bits per heavy atom. The molecule has 0 unspecified atom stereocenters. The summed E-state index contributed by atoms with van der Waals surface area (Å²) in [6, 6.07) is 5.12. The molecule has 0 radical (unpaired) electrons. The lowest BCUT2D eigenvalue weighted by molar-refractivity contribution is -0.152. The summed E-state index contributed by atoms with van der Waals surface area (Å²) in [4.78, 5) is 38.8. The van der Waals surface area contributed by atoms with Crippen LogP contribution >= 0.6 is 11.3 Å². The molecule has 0 saturated heterocycles. The van der Waals surface area contributed by atoms with Crippen LogP contribution in [-0.4, -0.2) is 44.8 Å². The number of amides is 1. The molecule has 0 aliphatic heterocycles. The topological polar surface area (TPSA) is 100 Å². The number of carbonyl (C=O) groups is 3. The number of methoxy groups -OCH3 is 2. The second-order valence-corrected chi connectivity index (χ2v) is 8.73. The fourth-order valence-corrected chi connectivity index (χ4v) is 5.02. The molecule has 0 spiro atoms. The number of hydrogen-bond acceptors (Lipinski definition) is 8. The molecule has 1 aromatic carbocycles. The van der Waals surface area contributed by atoms with Crippen molar-refractivity contribution in [2.75, 3.05) is 26.1 Å². The van der Waals surface area contributed by atoms with Gasteiger partial charge in [0, 0.05) is 4.88 Å². The van der Waals surface area contributed by atoms with Crippen LogP contribution in [0.15, 0.2) is 18.2 Å². The third kappa shape index (κ3) is 5.84. The number of anilines is 1. The van der Waals surface area contributed by atoms with Gasteiger partial charge in [-0.3, -0.25) is 9.59 Å². The average Bonchev–Trinajstić information content (AvgIpc) is 3.16. The first-order chi connectivity index (χ1) is 15.9. The molecular weight excluding hydrogens is 446 g/mol. The highest BCUT2D eigenvalue weighted by molar-refractivity contribution is 7.17. The quantitative estimate of drug-likeness (QED) is 0.549. The lowest BCUT2D eigenvalue weighted by Gasteiger charge is -2.15. The maximum atomic E-state index is 12.8. The zero-order valence-electron chi connectivity index (χ0n) is 19.3. The monoisotopic (exact) mass is 475 g/mol. The van der Waals surface area contributed by atoms with Gasteiger partial charge in [0.15, 0.2) is 17.6 Å². The minimum Gasteiger partial charge on any atom is -0.493 e. The number of benzene rings is 1. The smallest absolute Gasteiger partial charge is 0.341 e. The first kappa shape index (κ1) is 24.6. The van der Waals surface area contributed by atoms with Crippen LogP contribution < -0.4 is 14.8 Å². The summed E-state index contributed by atoms with van der Waals surface area (Å²) < 4.78 is 21.0. The predicted molar refractivity (Wildman–Crippen MR) is 124 cm³/mol. The van der Waals surface area contributed by atoms with Crippen molar-refractivity contribution in [1.29, 1.82) is 0 Å². The molecule has 1 aromatic heterocycles. The van der Waals surface area contributed by atoms with Gasteiger partial charge in [0.1, 0.15) is 5.00 Å². The molecule has 0 bridgehead atoms. The van der Waals surface area contributed by atoms with E-state index in [-0.39, 0.29) is 13.0 Å². The molecule has 0 fully saturated rings. The molecule has 2 aromatic rings. The van der Waals surface area contributed by atoms with E-state index in [0.717, 1.165) is 36.1 Å². The molecule has 1 heterocycles. The van der Waals surface area contributed by atoms with E-state index in [1.807, 2.05) is 0 Å². The highest BCUT2D eigenvalue weighted by Gasteiger charge is 2.29. The number of aryl methyl sites for hydroxylation is 1. The number of carbonyl (C=O) groups excluding carboxylic acids is 3. The largest absolute Gasteiger partial charge is 0.493 e. The number of thiophene rings is 1. The van der Waals surface area contributed by atoms with E-state index >= 15 is 0 Å². The first-order valence-corrected chi connectivity index (χ1v) is 11.7. The van der Waals surface area contributed by atoms with Crippen LogP contribution in [0.25, 0.3) is 0 Å². The van der Waals surface area contributed by atoms with E-state index in [1.54, 1.807) is 25.1 Å². The normalized spacial score (nSPS) is 13.5. The van der Waals surface area contributed by atoms with Crippen molar-refractivity contribution >= 4 is 34.2 Å². The SMILES string of the molecule is CCOC(=O)c1c(NC(=O)[C@@H](C)OC(=O)Cc2ccc(OC)c(OC)c2)sc2c1CCCC2. The maximum absolute atomic E-state index is 12.8. The van der Waals surface area contributed by atoms with Gasteiger partial charge in [0.2, 0.25) is 0 Å². The van der Waals surface area contributed by atoms with Gasteiger partial charge in [-0.1, -0.05) is 6.07 Å². The molecule has 0 saturated carbocycles. The molecule has 1 atom stereocenters. The number of nitrogens with one attached hydrogen (secondary N) is 1. The van der Waals surface area contributed by atoms with Crippen molar-refractivity contribution in [3.8, 4) is 11.5 Å². The Bertz CT molecular complexity index is 1030. The van der Waals surface area contributed by atoms with Crippen LogP contribution in [-0.2, 0) is 38.3 Å². The predicted octanol–water partition coefficient (Wildman–Crippen LogP) is 3.93. The van der Waals surface area contributed by atoms with Crippen LogP contribution in [0.2, 0.25) is 0 Å². The number of esters is 2. The standard InChI is InChI=1S/C24H29NO7S/c1-5-31-24(28)21-16-8-6-7-9-19(16)33-23(21)25-22(27)14(2)32-20(26)13-15-10-11-17(29-3)18(12-15)30-4/h10-12,14H,5-9,13H2,1-4H3,(H,25,27)/t14-/m1/s1. The van der Waals surface area contributed by atoms with E-state index in [1.165, 1.54) is 32.5 Å². The van der Waals surface area contributed by atoms with Gasteiger partial charge in [0.05, 0.1) is 32.8 Å². The summed E-state index contributed by atoms with van der Waals surface area (Å²) in [5.74, 6) is -0.439. The van der Waals surface area contributed by atoms with Crippen LogP contribution in [0.5, 0.6) is 11.5 Å². The Kier molecular flexibility index (Phi) is 8.32. The summed E-state index contributed by atoms with van der Waals surface area (Å²) in [7, 11) is 3.04. The summed E-state index contributed by atoms with van der Waals surface area (Å²) in [5.41, 5.74) is 2.05. The van der Waals surface area contributed by atoms with Gasteiger partial charge in [-0.05, 0) is 62.8 Å². The number of fused-ring (bicyclic) bond motifs is 1. The molecule has 1 N–H and O–H groups in total. The third-order valence-electron chi connectivity index (χ3n) is 5.36. The number of rotatable bonds is 9. The second-order valence-electron chi connectivity index (χ2n) is 7.62. The van der Waals surface area contributed by atoms with Gasteiger partial charge in [-0.15, -0.1) is 11.3 Å². The second kappa shape index (κ2) is 11.2. The Morgan fingerprint density at radius 2 is 1.82 bits per heavy atom. The van der Waals surface area contributed by atoms with Crippen molar-refractivity contribution < 1.29 is 33.3 Å². The van der Waals surface area contributed by atoms with Crippen LogP contribution in [0.3, 0.4) is 0 Å². The van der Waals surface area contributed by atoms with Crippen molar-refractivity contribution in [3.05, 3.63) is 39.8 Å². The molecule has 33 heavy (non-hydrogen) atoms. The van der Waals surface area contributed by atoms with Gasteiger partial charge >= 0.3 is 11.9 Å². The van der Waals surface area contributed by atoms with Crippen molar-refractivity contribution in [2.45, 2.75) is 52.1 Å². The minimum absolute atomic E-state index is 0.0284. The molecule has 3 rings (SSSR count). The van der Waals surface area contributed by atoms with Crippen molar-refractivity contribution in [1.82, 2.24) is 0 Å². The summed E-state index contributed by atoms with van der Waals surface area (Å²) in [6.45, 7) is 3.50. The molecule has 1 aliphatic rings. The molecule has 178 valence electrons. The summed E-state index contributed by atoms with van der Waals surface area (Å²) in [5, 5.41) is 3.23. The highest BCUT2D eigenvalue weighted by atomic mass is 32.1. The molecular formula is C24H29NO7S. The molecule has 8 nitrogen and oxygen atoms in total. The fraction of sp³-hybridized carbons (Fsp3) is 0.458. The lowest BCUT2D eigenvalue weighted by Crippen LogP contribution is -2.30. The molecule has 9 heteroatoms. The Morgan fingerprint density at radius 3 is 2.52 bits per heavy atom. The van der Waals surface area contributed by atoms with Gasteiger partial charge in [-0.2, -0.15) is 0 Å². The van der Waals surface area contributed by atoms with Crippen molar-refractivity contribution in [2.24, 2.45) is 0 Å². The van der Waals surface area contributed by atoms with Gasteiger partial charge < -0.3 is 24.3 Å². The van der Waals surface area contributed by atoms with Gasteiger partial charge in [-0.25, -0.2) is 4.79 Å². The van der Waals surface area contributed by atoms with E-state index in [0.29, 0.717) is 27.6 Å². The van der Waals surface area contributed by atoms with Crippen molar-refractivity contribution in [3.63, 3.8) is 0 Å². The van der Waals surface area contributed by atoms with Crippen LogP contribution in [0.4, 0.5) is 5.00 Å². The molecule has 1 amide bonds. The molecule has 1 aliphatic carbocycles. The Labute approximate surface area is 197 Å². The van der Waals surface area contributed by atoms with Crippen LogP contribution in [0, 0.1) is 0 Å². The zero-order valence-corrected chi connectivity index (χ0v) is 20.1. The van der Waals surface area contributed by atoms with E-state index in [2.05, 4.69) is 5.32 Å². The summed E-state index contributed by atoms with van der Waals surface area (Å²) in [6.07, 6.45) is 2.64. The summed E-state index contributed by atoms with van der Waals surface area (Å²) >= 11 is 1.39. The fourth-order valence-electron chi connectivity index (χ4n) is 3.74. The van der Waals surface area contributed by atoms with Crippen LogP contribution in [0.1, 0.15) is 53.1 Å². The minimum atomic E-state index is -1.04. The Balaban J connectivity index is 1.67. The zero-order chi connectivity index (χ0) is 24.0. The first-order valence-electron chi connectivity index (χ1n) is 10.9. The Hall–Kier alpha value is -3.07.